The lowest BCUT2D eigenvalue weighted by Crippen LogP contribution is -2.57. The Labute approximate surface area is 187 Å². The fraction of sp³-hybridized carbons (Fsp3) is 0.429. The summed E-state index contributed by atoms with van der Waals surface area (Å²) in [5.41, 5.74) is 0.557. The van der Waals surface area contributed by atoms with E-state index in [0.717, 1.165) is 44.0 Å². The summed E-state index contributed by atoms with van der Waals surface area (Å²) in [6, 6.07) is 9.98. The highest BCUT2D eigenvalue weighted by Gasteiger charge is 2.41. The molecule has 0 bridgehead atoms. The van der Waals surface area contributed by atoms with Crippen molar-refractivity contribution in [1.29, 1.82) is 0 Å². The monoisotopic (exact) mass is 449 g/mol. The lowest BCUT2D eigenvalue weighted by atomic mass is 9.86. The first-order chi connectivity index (χ1) is 15.4. The summed E-state index contributed by atoms with van der Waals surface area (Å²) in [4.78, 5) is 31.7. The average molecular weight is 450 g/mol. The number of carbonyl (C=O) groups is 3. The van der Waals surface area contributed by atoms with Gasteiger partial charge in [-0.15, -0.1) is 0 Å². The third-order valence-electron chi connectivity index (χ3n) is 5.15. The van der Waals surface area contributed by atoms with Crippen LogP contribution in [0.2, 0.25) is 0 Å². The van der Waals surface area contributed by atoms with Crippen LogP contribution in [0.3, 0.4) is 0 Å². The Hall–Kier alpha value is -3.60. The molecule has 11 heteroatoms. The largest absolute Gasteiger partial charge is 0.496 e. The molecule has 1 fully saturated rings. The van der Waals surface area contributed by atoms with Crippen LogP contribution in [0.15, 0.2) is 36.5 Å². The quantitative estimate of drug-likeness (QED) is 0.475. The van der Waals surface area contributed by atoms with Crippen molar-refractivity contribution < 1.29 is 29.3 Å². The van der Waals surface area contributed by atoms with Crippen molar-refractivity contribution in [2.24, 2.45) is 7.05 Å². The molecule has 1 saturated heterocycles. The van der Waals surface area contributed by atoms with Crippen molar-refractivity contribution in [1.82, 2.24) is 20.0 Å². The third kappa shape index (κ3) is 7.27. The minimum atomic E-state index is -0.611. The predicted octanol–water partition coefficient (Wildman–Crippen LogP) is 1.02. The van der Waals surface area contributed by atoms with Gasteiger partial charge in [0.25, 0.3) is 12.9 Å². The maximum atomic E-state index is 12.6. The second kappa shape index (κ2) is 13.7. The standard InChI is InChI=1S/C19H27N5O2.2CH2O2/c1-20-18(25)19(22-17-8-11-21-23(17)2)9-12-24(13-10-19)14-15-6-4-5-7-16(15)26-3;2*2-1-3/h4-8,11,22H,9-10,12-14H2,1-3H3,(H,20,25);2*1H,(H,2,3). The van der Waals surface area contributed by atoms with E-state index >= 15 is 0 Å². The Bertz CT molecular complexity index is 843. The molecule has 0 saturated carbocycles. The molecular formula is C21H31N5O6. The van der Waals surface area contributed by atoms with Crippen LogP contribution in [-0.4, -0.2) is 76.5 Å². The highest BCUT2D eigenvalue weighted by molar-refractivity contribution is 5.89. The van der Waals surface area contributed by atoms with Crippen molar-refractivity contribution in [3.05, 3.63) is 42.1 Å². The molecule has 0 unspecified atom stereocenters. The molecule has 4 N–H and O–H groups in total. The summed E-state index contributed by atoms with van der Waals surface area (Å²) >= 11 is 0. The van der Waals surface area contributed by atoms with E-state index in [2.05, 4.69) is 26.7 Å². The zero-order valence-corrected chi connectivity index (χ0v) is 18.5. The lowest BCUT2D eigenvalue weighted by molar-refractivity contribution is -0.126. The van der Waals surface area contributed by atoms with Gasteiger partial charge >= 0.3 is 0 Å². The molecule has 2 aromatic rings. The number of ether oxygens (including phenoxy) is 1. The van der Waals surface area contributed by atoms with Crippen molar-refractivity contribution in [2.45, 2.75) is 24.9 Å². The number of benzene rings is 1. The average Bonchev–Trinajstić information content (AvgIpc) is 3.20. The Morgan fingerprint density at radius 3 is 2.28 bits per heavy atom. The molecule has 1 aromatic heterocycles. The van der Waals surface area contributed by atoms with Gasteiger partial charge in [-0.05, 0) is 18.9 Å². The lowest BCUT2D eigenvalue weighted by Gasteiger charge is -2.41. The van der Waals surface area contributed by atoms with E-state index in [4.69, 9.17) is 24.5 Å². The molecule has 11 nitrogen and oxygen atoms in total. The minimum Gasteiger partial charge on any atom is -0.496 e. The number of rotatable bonds is 6. The number of aromatic nitrogens is 2. The molecule has 1 aliphatic heterocycles. The van der Waals surface area contributed by atoms with Gasteiger partial charge in [0.1, 0.15) is 17.1 Å². The number of likely N-dealkylation sites (tertiary alicyclic amines) is 1. The third-order valence-corrected chi connectivity index (χ3v) is 5.15. The SMILES string of the molecule is CNC(=O)C1(Nc2ccnn2C)CCN(Cc2ccccc2OC)CC1.O=CO.O=CO. The Kier molecular flexibility index (Phi) is 11.3. The summed E-state index contributed by atoms with van der Waals surface area (Å²) in [6.45, 7) is 1.98. The number of hydrogen-bond acceptors (Lipinski definition) is 7. The van der Waals surface area contributed by atoms with Gasteiger partial charge in [-0.25, -0.2) is 0 Å². The number of hydrogen-bond donors (Lipinski definition) is 4. The van der Waals surface area contributed by atoms with E-state index in [1.54, 1.807) is 25.0 Å². The van der Waals surface area contributed by atoms with E-state index in [9.17, 15) is 4.79 Å². The van der Waals surface area contributed by atoms with Crippen molar-refractivity contribution in [2.75, 3.05) is 32.6 Å². The molecule has 176 valence electrons. The molecule has 32 heavy (non-hydrogen) atoms. The number of piperidine rings is 1. The Morgan fingerprint density at radius 2 is 1.78 bits per heavy atom. The highest BCUT2D eigenvalue weighted by Crippen LogP contribution is 2.29. The fourth-order valence-electron chi connectivity index (χ4n) is 3.56. The van der Waals surface area contributed by atoms with Crippen LogP contribution >= 0.6 is 0 Å². The van der Waals surface area contributed by atoms with Crippen molar-refractivity contribution >= 4 is 24.7 Å². The van der Waals surface area contributed by atoms with Crippen LogP contribution in [0, 0.1) is 0 Å². The molecule has 3 rings (SSSR count). The molecule has 1 aromatic carbocycles. The number of amides is 1. The predicted molar refractivity (Wildman–Crippen MR) is 119 cm³/mol. The number of nitrogens with zero attached hydrogens (tertiary/aromatic N) is 3. The van der Waals surface area contributed by atoms with E-state index in [1.807, 2.05) is 31.3 Å². The number of para-hydroxylation sites is 1. The van der Waals surface area contributed by atoms with Crippen LogP contribution in [-0.2, 0) is 28.0 Å². The number of methoxy groups -OCH3 is 1. The molecule has 1 aliphatic rings. The maximum absolute atomic E-state index is 12.6. The molecular weight excluding hydrogens is 418 g/mol. The van der Waals surface area contributed by atoms with Gasteiger partial charge in [0.05, 0.1) is 13.3 Å². The minimum absolute atomic E-state index is 0.0237. The first-order valence-corrected chi connectivity index (χ1v) is 9.89. The van der Waals surface area contributed by atoms with Crippen LogP contribution in [0.5, 0.6) is 5.75 Å². The zero-order valence-electron chi connectivity index (χ0n) is 18.5. The molecule has 0 radical (unpaired) electrons. The first kappa shape index (κ1) is 26.4. The van der Waals surface area contributed by atoms with Gasteiger partial charge in [-0.1, -0.05) is 18.2 Å². The molecule has 1 amide bonds. The number of anilines is 1. The van der Waals surface area contributed by atoms with Crippen molar-refractivity contribution in [3.8, 4) is 5.75 Å². The fourth-order valence-corrected chi connectivity index (χ4v) is 3.56. The van der Waals surface area contributed by atoms with Crippen molar-refractivity contribution in [3.63, 3.8) is 0 Å². The van der Waals surface area contributed by atoms with Crippen LogP contribution < -0.4 is 15.4 Å². The highest BCUT2D eigenvalue weighted by atomic mass is 16.5. The summed E-state index contributed by atoms with van der Waals surface area (Å²) < 4.78 is 7.21. The van der Waals surface area contributed by atoms with Gasteiger partial charge in [0, 0.05) is 45.4 Å². The van der Waals surface area contributed by atoms with Gasteiger partial charge in [-0.3, -0.25) is 24.0 Å². The normalized spacial score (nSPS) is 14.5. The maximum Gasteiger partial charge on any atom is 0.290 e. The van der Waals surface area contributed by atoms with Crippen LogP contribution in [0.4, 0.5) is 5.82 Å². The number of carbonyl (C=O) groups excluding carboxylic acids is 1. The van der Waals surface area contributed by atoms with E-state index in [-0.39, 0.29) is 18.9 Å². The zero-order chi connectivity index (χ0) is 24.0. The first-order valence-electron chi connectivity index (χ1n) is 9.89. The number of aryl methyl sites for hydroxylation is 1. The number of carboxylic acid groups (broad SMARTS) is 2. The molecule has 2 heterocycles. The molecule has 0 atom stereocenters. The van der Waals surface area contributed by atoms with E-state index < -0.39 is 5.54 Å². The van der Waals surface area contributed by atoms with Crippen LogP contribution in [0.25, 0.3) is 0 Å². The Morgan fingerprint density at radius 1 is 1.19 bits per heavy atom. The van der Waals surface area contributed by atoms with Gasteiger partial charge in [0.15, 0.2) is 0 Å². The summed E-state index contributed by atoms with van der Waals surface area (Å²) in [5, 5.41) is 24.2. The van der Waals surface area contributed by atoms with E-state index in [1.165, 1.54) is 5.56 Å². The smallest absolute Gasteiger partial charge is 0.290 e. The summed E-state index contributed by atoms with van der Waals surface area (Å²) in [5.74, 6) is 1.78. The summed E-state index contributed by atoms with van der Waals surface area (Å²) in [7, 11) is 5.26. The van der Waals surface area contributed by atoms with Gasteiger partial charge < -0.3 is 25.6 Å². The summed E-state index contributed by atoms with van der Waals surface area (Å²) in [6.07, 6.45) is 3.19. The number of nitrogens with one attached hydrogen (secondary N) is 2. The van der Waals surface area contributed by atoms with Crippen LogP contribution in [0.1, 0.15) is 18.4 Å². The second-order valence-corrected chi connectivity index (χ2v) is 6.93. The topological polar surface area (TPSA) is 146 Å². The molecule has 0 aliphatic carbocycles. The second-order valence-electron chi connectivity index (χ2n) is 6.93. The molecule has 0 spiro atoms. The Balaban J connectivity index is 0.000000769. The number of likely N-dealkylation sites (N-methyl/N-ethyl adjacent to an activating group) is 1. The van der Waals surface area contributed by atoms with E-state index in [0.29, 0.717) is 0 Å². The van der Waals surface area contributed by atoms with Gasteiger partial charge in [0.2, 0.25) is 5.91 Å². The van der Waals surface area contributed by atoms with Gasteiger partial charge in [-0.2, -0.15) is 5.10 Å².